The Hall–Kier alpha value is -2.07. The summed E-state index contributed by atoms with van der Waals surface area (Å²) in [6.07, 6.45) is 1.03. The number of benzene rings is 1. The fourth-order valence-corrected chi connectivity index (χ4v) is 2.18. The van der Waals surface area contributed by atoms with Crippen LogP contribution in [0, 0.1) is 0 Å². The Bertz CT molecular complexity index is 575. The maximum Gasteiger partial charge on any atom is 0.354 e. The lowest BCUT2D eigenvalue weighted by Gasteiger charge is -2.08. The van der Waals surface area contributed by atoms with Crippen LogP contribution in [0.2, 0.25) is 0 Å². The number of hydrogen-bond acceptors (Lipinski definition) is 3. The van der Waals surface area contributed by atoms with Crippen molar-refractivity contribution in [3.8, 4) is 0 Å². The molecule has 0 aliphatic rings. The van der Waals surface area contributed by atoms with Crippen molar-refractivity contribution in [3.05, 3.63) is 58.9 Å². The Morgan fingerprint density at radius 3 is 2.60 bits per heavy atom. The van der Waals surface area contributed by atoms with Crippen LogP contribution in [0.5, 0.6) is 0 Å². The molecule has 0 aliphatic carbocycles. The molecular weight excluding hydrogens is 252 g/mol. The average molecular weight is 272 g/mol. The molecule has 0 bridgehead atoms. The van der Waals surface area contributed by atoms with Crippen LogP contribution in [0.3, 0.4) is 0 Å². The van der Waals surface area contributed by atoms with Crippen molar-refractivity contribution in [1.82, 2.24) is 10.3 Å². The summed E-state index contributed by atoms with van der Waals surface area (Å²) in [7, 11) is 1.38. The van der Waals surface area contributed by atoms with Crippen molar-refractivity contribution in [2.24, 2.45) is 0 Å². The predicted molar refractivity (Wildman–Crippen MR) is 78.5 cm³/mol. The minimum absolute atomic E-state index is 0.340. The lowest BCUT2D eigenvalue weighted by Crippen LogP contribution is -2.14. The van der Waals surface area contributed by atoms with Crippen LogP contribution in [0.4, 0.5) is 0 Å². The fraction of sp³-hybridized carbons (Fsp3) is 0.312. The number of hydrogen-bond donors (Lipinski definition) is 2. The first-order chi connectivity index (χ1) is 9.74. The van der Waals surface area contributed by atoms with Crippen LogP contribution < -0.4 is 5.32 Å². The van der Waals surface area contributed by atoms with E-state index in [9.17, 15) is 4.79 Å². The number of nitrogens with one attached hydrogen (secondary N) is 2. The molecule has 20 heavy (non-hydrogen) atoms. The number of esters is 1. The summed E-state index contributed by atoms with van der Waals surface area (Å²) >= 11 is 0. The van der Waals surface area contributed by atoms with Gasteiger partial charge in [-0.25, -0.2) is 4.79 Å². The molecule has 1 heterocycles. The maximum atomic E-state index is 11.3. The zero-order valence-corrected chi connectivity index (χ0v) is 11.9. The molecule has 2 N–H and O–H groups in total. The third kappa shape index (κ3) is 3.48. The second kappa shape index (κ2) is 6.91. The van der Waals surface area contributed by atoms with Gasteiger partial charge in [-0.15, -0.1) is 0 Å². The molecule has 0 saturated carbocycles. The Morgan fingerprint density at radius 2 is 1.90 bits per heavy atom. The number of aromatic amines is 1. The lowest BCUT2D eigenvalue weighted by molar-refractivity contribution is 0.0594. The molecule has 1 aromatic heterocycles. The zero-order chi connectivity index (χ0) is 14.4. The number of aryl methyl sites for hydroxylation is 1. The summed E-state index contributed by atoms with van der Waals surface area (Å²) in [5.74, 6) is -0.340. The highest BCUT2D eigenvalue weighted by Crippen LogP contribution is 2.09. The molecule has 0 aliphatic heterocycles. The topological polar surface area (TPSA) is 54.1 Å². The molecule has 0 amide bonds. The van der Waals surface area contributed by atoms with E-state index in [1.165, 1.54) is 18.2 Å². The smallest absolute Gasteiger partial charge is 0.354 e. The first-order valence-corrected chi connectivity index (χ1v) is 6.78. The quantitative estimate of drug-likeness (QED) is 0.795. The minimum atomic E-state index is -0.340. The van der Waals surface area contributed by atoms with Gasteiger partial charge in [-0.2, -0.15) is 0 Å². The Balaban J connectivity index is 1.89. The van der Waals surface area contributed by atoms with Crippen LogP contribution in [-0.2, 0) is 24.2 Å². The number of rotatable bonds is 6. The minimum Gasteiger partial charge on any atom is -0.464 e. The van der Waals surface area contributed by atoms with E-state index in [-0.39, 0.29) is 5.97 Å². The molecule has 2 aromatic rings. The van der Waals surface area contributed by atoms with Gasteiger partial charge in [0.2, 0.25) is 0 Å². The van der Waals surface area contributed by atoms with E-state index >= 15 is 0 Å². The van der Waals surface area contributed by atoms with E-state index in [2.05, 4.69) is 46.2 Å². The van der Waals surface area contributed by atoms with Crippen molar-refractivity contribution in [2.75, 3.05) is 7.11 Å². The summed E-state index contributed by atoms with van der Waals surface area (Å²) in [5.41, 5.74) is 4.13. The number of methoxy groups -OCH3 is 1. The fourth-order valence-electron chi connectivity index (χ4n) is 2.18. The van der Waals surface area contributed by atoms with Crippen LogP contribution in [0.15, 0.2) is 36.4 Å². The van der Waals surface area contributed by atoms with Gasteiger partial charge in [-0.3, -0.25) is 0 Å². The number of carbonyl (C=O) groups is 1. The SMILES string of the molecule is CCc1ccccc1CNCc1ccc(C(=O)OC)[nH]1. The maximum absolute atomic E-state index is 11.3. The van der Waals surface area contributed by atoms with Gasteiger partial charge in [0.15, 0.2) is 0 Å². The van der Waals surface area contributed by atoms with Crippen molar-refractivity contribution in [2.45, 2.75) is 26.4 Å². The van der Waals surface area contributed by atoms with E-state index in [1.54, 1.807) is 6.07 Å². The van der Waals surface area contributed by atoms with Crippen LogP contribution in [0.1, 0.15) is 34.2 Å². The van der Waals surface area contributed by atoms with Crippen molar-refractivity contribution in [1.29, 1.82) is 0 Å². The van der Waals surface area contributed by atoms with Gasteiger partial charge in [-0.1, -0.05) is 31.2 Å². The van der Waals surface area contributed by atoms with Crippen LogP contribution in [-0.4, -0.2) is 18.1 Å². The lowest BCUT2D eigenvalue weighted by atomic mass is 10.1. The second-order valence-corrected chi connectivity index (χ2v) is 4.61. The number of aromatic nitrogens is 1. The molecule has 0 fully saturated rings. The Kier molecular flexibility index (Phi) is 4.96. The molecule has 0 atom stereocenters. The van der Waals surface area contributed by atoms with E-state index in [0.29, 0.717) is 12.2 Å². The molecule has 1 aromatic carbocycles. The van der Waals surface area contributed by atoms with E-state index < -0.39 is 0 Å². The molecular formula is C16H20N2O2. The largest absolute Gasteiger partial charge is 0.464 e. The summed E-state index contributed by atoms with van der Waals surface area (Å²) in [5, 5.41) is 3.38. The van der Waals surface area contributed by atoms with E-state index in [0.717, 1.165) is 18.7 Å². The van der Waals surface area contributed by atoms with Gasteiger partial charge < -0.3 is 15.0 Å². The first kappa shape index (κ1) is 14.3. The monoisotopic (exact) mass is 272 g/mol. The van der Waals surface area contributed by atoms with E-state index in [4.69, 9.17) is 0 Å². The molecule has 0 saturated heterocycles. The summed E-state index contributed by atoms with van der Waals surface area (Å²) < 4.78 is 4.66. The Labute approximate surface area is 119 Å². The molecule has 4 heteroatoms. The summed E-state index contributed by atoms with van der Waals surface area (Å²) in [6.45, 7) is 3.66. The third-order valence-corrected chi connectivity index (χ3v) is 3.28. The van der Waals surface area contributed by atoms with Crippen LogP contribution >= 0.6 is 0 Å². The average Bonchev–Trinajstić information content (AvgIpc) is 2.96. The zero-order valence-electron chi connectivity index (χ0n) is 11.9. The summed E-state index contributed by atoms with van der Waals surface area (Å²) in [6, 6.07) is 12.0. The molecule has 0 unspecified atom stereocenters. The number of ether oxygens (including phenoxy) is 1. The molecule has 2 rings (SSSR count). The second-order valence-electron chi connectivity index (χ2n) is 4.61. The highest BCUT2D eigenvalue weighted by Gasteiger charge is 2.07. The van der Waals surface area contributed by atoms with Crippen molar-refractivity contribution < 1.29 is 9.53 Å². The number of carbonyl (C=O) groups excluding carboxylic acids is 1. The standard InChI is InChI=1S/C16H20N2O2/c1-3-12-6-4-5-7-13(12)10-17-11-14-8-9-15(18-14)16(19)20-2/h4-9,17-18H,3,10-11H2,1-2H3. The number of H-pyrrole nitrogens is 1. The molecule has 106 valence electrons. The molecule has 4 nitrogen and oxygen atoms in total. The highest BCUT2D eigenvalue weighted by molar-refractivity contribution is 5.87. The highest BCUT2D eigenvalue weighted by atomic mass is 16.5. The third-order valence-electron chi connectivity index (χ3n) is 3.28. The molecule has 0 radical (unpaired) electrons. The first-order valence-electron chi connectivity index (χ1n) is 6.78. The van der Waals surface area contributed by atoms with Gasteiger partial charge >= 0.3 is 5.97 Å². The normalized spacial score (nSPS) is 10.5. The van der Waals surface area contributed by atoms with E-state index in [1.807, 2.05) is 6.07 Å². The molecule has 0 spiro atoms. The van der Waals surface area contributed by atoms with Gasteiger partial charge in [0.05, 0.1) is 7.11 Å². The van der Waals surface area contributed by atoms with Gasteiger partial charge in [0.25, 0.3) is 0 Å². The van der Waals surface area contributed by atoms with Crippen molar-refractivity contribution >= 4 is 5.97 Å². The van der Waals surface area contributed by atoms with Crippen LogP contribution in [0.25, 0.3) is 0 Å². The van der Waals surface area contributed by atoms with Crippen molar-refractivity contribution in [3.63, 3.8) is 0 Å². The predicted octanol–water partition coefficient (Wildman–Crippen LogP) is 2.65. The van der Waals surface area contributed by atoms with Gasteiger partial charge in [0, 0.05) is 18.8 Å². The van der Waals surface area contributed by atoms with Gasteiger partial charge in [0.1, 0.15) is 5.69 Å². The van der Waals surface area contributed by atoms with Gasteiger partial charge in [-0.05, 0) is 29.7 Å². The summed E-state index contributed by atoms with van der Waals surface area (Å²) in [4.78, 5) is 14.4. The Morgan fingerprint density at radius 1 is 1.15 bits per heavy atom.